The minimum absolute atomic E-state index is 0. The Bertz CT molecular complexity index is 652. The second-order valence-electron chi connectivity index (χ2n) is 5.75. The second-order valence-corrected chi connectivity index (χ2v) is 6.73. The van der Waals surface area contributed by atoms with Crippen LogP contribution in [0.3, 0.4) is 0 Å². The summed E-state index contributed by atoms with van der Waals surface area (Å²) in [4.78, 5) is 12.3. The predicted molar refractivity (Wildman–Crippen MR) is 86.1 cm³/mol. The van der Waals surface area contributed by atoms with Crippen molar-refractivity contribution in [2.24, 2.45) is 11.3 Å². The van der Waals surface area contributed by atoms with Gasteiger partial charge < -0.3 is 15.1 Å². The molecule has 2 aromatic rings. The summed E-state index contributed by atoms with van der Waals surface area (Å²) in [5.74, 6) is 0.892. The van der Waals surface area contributed by atoms with E-state index >= 15 is 0 Å². The number of nitrogens with one attached hydrogen (secondary N) is 2. The Kier molecular flexibility index (Phi) is 4.20. The minimum Gasteiger partial charge on any atom is -0.462 e. The van der Waals surface area contributed by atoms with Crippen molar-refractivity contribution in [1.29, 1.82) is 0 Å². The number of hydrogen-bond donors (Lipinski definition) is 2. The maximum Gasteiger partial charge on any atom is 0.229 e. The lowest BCUT2D eigenvalue weighted by atomic mass is 9.92. The average Bonchev–Trinajstić information content (AvgIpc) is 2.93. The number of halogens is 1. The third kappa shape index (κ3) is 2.76. The molecule has 1 saturated carbocycles. The van der Waals surface area contributed by atoms with Gasteiger partial charge in [0.15, 0.2) is 10.8 Å². The summed E-state index contributed by atoms with van der Waals surface area (Å²) in [6, 6.07) is 3.64. The lowest BCUT2D eigenvalue weighted by Crippen LogP contribution is -2.31. The van der Waals surface area contributed by atoms with Crippen LogP contribution in [-0.2, 0) is 4.79 Å². The normalized spacial score (nSPS) is 22.1. The summed E-state index contributed by atoms with van der Waals surface area (Å²) < 4.78 is 5.28. The third-order valence-corrected chi connectivity index (χ3v) is 5.35. The van der Waals surface area contributed by atoms with Crippen molar-refractivity contribution < 1.29 is 9.21 Å². The fraction of sp³-hybridized carbons (Fsp3) is 0.500. The number of aromatic nitrogens is 2. The van der Waals surface area contributed by atoms with Gasteiger partial charge in [0.25, 0.3) is 0 Å². The molecular weight excluding hydrogens is 324 g/mol. The first-order chi connectivity index (χ1) is 10.3. The molecule has 1 saturated heterocycles. The molecule has 3 heterocycles. The van der Waals surface area contributed by atoms with E-state index in [-0.39, 0.29) is 29.6 Å². The molecule has 1 atom stereocenters. The van der Waals surface area contributed by atoms with Crippen molar-refractivity contribution >= 4 is 34.8 Å². The van der Waals surface area contributed by atoms with E-state index in [4.69, 9.17) is 4.42 Å². The highest BCUT2D eigenvalue weighted by atomic mass is 35.5. The van der Waals surface area contributed by atoms with Gasteiger partial charge in [-0.05, 0) is 49.9 Å². The molecule has 1 unspecified atom stereocenters. The van der Waals surface area contributed by atoms with Gasteiger partial charge in [-0.15, -0.1) is 22.6 Å². The Balaban J connectivity index is 0.00000144. The molecule has 2 aromatic heterocycles. The molecule has 0 bridgehead atoms. The lowest BCUT2D eigenvalue weighted by molar-refractivity contribution is -0.118. The number of furan rings is 1. The Morgan fingerprint density at radius 3 is 2.95 bits per heavy atom. The van der Waals surface area contributed by atoms with Crippen molar-refractivity contribution in [3.63, 3.8) is 0 Å². The van der Waals surface area contributed by atoms with Gasteiger partial charge in [-0.25, -0.2) is 0 Å². The summed E-state index contributed by atoms with van der Waals surface area (Å²) in [5.41, 5.74) is 0.240. The van der Waals surface area contributed by atoms with Crippen LogP contribution in [0.5, 0.6) is 0 Å². The number of amides is 1. The molecule has 1 spiro atoms. The van der Waals surface area contributed by atoms with E-state index in [1.165, 1.54) is 11.3 Å². The van der Waals surface area contributed by atoms with Crippen LogP contribution in [0.2, 0.25) is 0 Å². The van der Waals surface area contributed by atoms with Crippen LogP contribution in [-0.4, -0.2) is 29.2 Å². The molecule has 22 heavy (non-hydrogen) atoms. The van der Waals surface area contributed by atoms with Crippen LogP contribution in [0.25, 0.3) is 10.8 Å². The zero-order chi connectivity index (χ0) is 14.3. The average molecular weight is 341 g/mol. The molecule has 1 aliphatic heterocycles. The van der Waals surface area contributed by atoms with Gasteiger partial charge in [0.2, 0.25) is 11.0 Å². The monoisotopic (exact) mass is 340 g/mol. The van der Waals surface area contributed by atoms with E-state index < -0.39 is 0 Å². The number of carbonyl (C=O) groups is 1. The summed E-state index contributed by atoms with van der Waals surface area (Å²) in [5, 5.41) is 15.5. The molecular formula is C14H17ClN4O2S. The Labute approximate surface area is 138 Å². The number of anilines is 1. The van der Waals surface area contributed by atoms with Crippen LogP contribution < -0.4 is 10.6 Å². The number of nitrogens with zero attached hydrogens (tertiary/aromatic N) is 2. The summed E-state index contributed by atoms with van der Waals surface area (Å²) >= 11 is 1.34. The first-order valence-electron chi connectivity index (χ1n) is 7.16. The maximum atomic E-state index is 12.3. The van der Waals surface area contributed by atoms with Crippen molar-refractivity contribution in [3.8, 4) is 10.8 Å². The van der Waals surface area contributed by atoms with E-state index in [0.29, 0.717) is 15.9 Å². The highest BCUT2D eigenvalue weighted by molar-refractivity contribution is 7.18. The first-order valence-corrected chi connectivity index (χ1v) is 7.97. The lowest BCUT2D eigenvalue weighted by Gasteiger charge is -2.22. The molecule has 6 nitrogen and oxygen atoms in total. The molecule has 1 amide bonds. The van der Waals surface area contributed by atoms with E-state index in [1.54, 1.807) is 12.3 Å². The quantitative estimate of drug-likeness (QED) is 0.897. The highest BCUT2D eigenvalue weighted by Gasteiger charge is 2.57. The van der Waals surface area contributed by atoms with Gasteiger partial charge in [-0.3, -0.25) is 4.79 Å². The molecule has 2 fully saturated rings. The van der Waals surface area contributed by atoms with Crippen LogP contribution in [0, 0.1) is 11.3 Å². The number of hydrogen-bond acceptors (Lipinski definition) is 6. The van der Waals surface area contributed by atoms with Gasteiger partial charge >= 0.3 is 0 Å². The van der Waals surface area contributed by atoms with Gasteiger partial charge in [0.05, 0.1) is 6.26 Å². The molecule has 0 radical (unpaired) electrons. The van der Waals surface area contributed by atoms with Gasteiger partial charge in [-0.2, -0.15) is 0 Å². The smallest absolute Gasteiger partial charge is 0.229 e. The van der Waals surface area contributed by atoms with Crippen LogP contribution in [0.1, 0.15) is 19.3 Å². The molecule has 2 aliphatic rings. The predicted octanol–water partition coefficient (Wildman–Crippen LogP) is 2.55. The minimum atomic E-state index is 0. The molecule has 8 heteroatoms. The number of carbonyl (C=O) groups excluding carboxylic acids is 1. The zero-order valence-corrected chi connectivity index (χ0v) is 13.5. The van der Waals surface area contributed by atoms with Crippen molar-refractivity contribution in [3.05, 3.63) is 18.4 Å². The third-order valence-electron chi connectivity index (χ3n) is 4.49. The van der Waals surface area contributed by atoms with Crippen molar-refractivity contribution in [1.82, 2.24) is 15.5 Å². The van der Waals surface area contributed by atoms with Gasteiger partial charge in [-0.1, -0.05) is 11.3 Å². The van der Waals surface area contributed by atoms with Gasteiger partial charge in [0.1, 0.15) is 0 Å². The first kappa shape index (κ1) is 15.5. The molecule has 0 aromatic carbocycles. The molecule has 4 rings (SSSR count). The molecule has 1 aliphatic carbocycles. The fourth-order valence-electron chi connectivity index (χ4n) is 3.16. The topological polar surface area (TPSA) is 80.1 Å². The maximum absolute atomic E-state index is 12.3. The van der Waals surface area contributed by atoms with Gasteiger partial charge in [0, 0.05) is 5.92 Å². The highest BCUT2D eigenvalue weighted by Crippen LogP contribution is 2.58. The van der Waals surface area contributed by atoms with Crippen LogP contribution >= 0.6 is 23.7 Å². The summed E-state index contributed by atoms with van der Waals surface area (Å²) in [6.07, 6.45) is 4.79. The SMILES string of the molecule is Cl.O=C(Nc1nnc(-c2ccco2)s1)C1CC12CCNCC2. The Morgan fingerprint density at radius 1 is 1.41 bits per heavy atom. The number of rotatable bonds is 3. The molecule has 2 N–H and O–H groups in total. The number of piperidine rings is 1. The Morgan fingerprint density at radius 2 is 2.23 bits per heavy atom. The molecule has 118 valence electrons. The largest absolute Gasteiger partial charge is 0.462 e. The van der Waals surface area contributed by atoms with E-state index in [1.807, 2.05) is 6.07 Å². The van der Waals surface area contributed by atoms with Crippen molar-refractivity contribution in [2.75, 3.05) is 18.4 Å². The summed E-state index contributed by atoms with van der Waals surface area (Å²) in [6.45, 7) is 2.04. The second kappa shape index (κ2) is 5.98. The van der Waals surface area contributed by atoms with E-state index in [2.05, 4.69) is 20.8 Å². The van der Waals surface area contributed by atoms with E-state index in [9.17, 15) is 4.79 Å². The standard InChI is InChI=1S/C14H16N4O2S.ClH/c19-11(9-8-14(9)3-5-15-6-4-14)16-13-18-17-12(21-13)10-2-1-7-20-10;/h1-2,7,9,15H,3-6,8H2,(H,16,18,19);1H. The van der Waals surface area contributed by atoms with E-state index in [0.717, 1.165) is 32.4 Å². The summed E-state index contributed by atoms with van der Waals surface area (Å²) in [7, 11) is 0. The fourth-order valence-corrected chi connectivity index (χ4v) is 3.88. The van der Waals surface area contributed by atoms with Crippen LogP contribution in [0.15, 0.2) is 22.8 Å². The van der Waals surface area contributed by atoms with Crippen LogP contribution in [0.4, 0.5) is 5.13 Å². The van der Waals surface area contributed by atoms with Crippen molar-refractivity contribution in [2.45, 2.75) is 19.3 Å². The Hall–Kier alpha value is -1.44. The zero-order valence-electron chi connectivity index (χ0n) is 11.9.